The van der Waals surface area contributed by atoms with E-state index in [9.17, 15) is 14.4 Å². The molecule has 0 radical (unpaired) electrons. The molecule has 0 aromatic heterocycles. The van der Waals surface area contributed by atoms with Gasteiger partial charge in [-0.3, -0.25) is 19.3 Å². The molecule has 5 nitrogen and oxygen atoms in total. The molecule has 0 spiro atoms. The lowest BCUT2D eigenvalue weighted by atomic mass is 10.1. The molecule has 0 saturated carbocycles. The van der Waals surface area contributed by atoms with E-state index in [2.05, 4.69) is 0 Å². The summed E-state index contributed by atoms with van der Waals surface area (Å²) < 4.78 is 0.292. The predicted molar refractivity (Wildman–Crippen MR) is 127 cm³/mol. The quantitative estimate of drug-likeness (QED) is 0.392. The summed E-state index contributed by atoms with van der Waals surface area (Å²) >= 11 is 6.56. The molecule has 2 heterocycles. The van der Waals surface area contributed by atoms with E-state index in [0.717, 1.165) is 33.4 Å². The van der Waals surface area contributed by atoms with Crippen LogP contribution in [0.1, 0.15) is 24.5 Å². The monoisotopic (exact) mass is 448 g/mol. The highest BCUT2D eigenvalue weighted by atomic mass is 32.2. The van der Waals surface area contributed by atoms with Gasteiger partial charge in [0.2, 0.25) is 5.91 Å². The minimum Gasteiger partial charge on any atom is -0.280 e. The highest BCUT2D eigenvalue weighted by molar-refractivity contribution is 8.26. The van der Waals surface area contributed by atoms with E-state index in [-0.39, 0.29) is 18.2 Å². The van der Waals surface area contributed by atoms with Gasteiger partial charge in [-0.25, -0.2) is 4.90 Å². The largest absolute Gasteiger partial charge is 0.280 e. The summed E-state index contributed by atoms with van der Waals surface area (Å²) in [5.41, 5.74) is 3.45. The Hall–Kier alpha value is -3.03. The molecule has 4 rings (SSSR count). The first kappa shape index (κ1) is 21.2. The van der Waals surface area contributed by atoms with Gasteiger partial charge in [-0.05, 0) is 43.2 Å². The number of thiocarbonyl (C=S) groups is 1. The van der Waals surface area contributed by atoms with E-state index in [1.165, 1.54) is 4.90 Å². The van der Waals surface area contributed by atoms with Gasteiger partial charge in [0.15, 0.2) is 0 Å². The number of hydrogen-bond donors (Lipinski definition) is 0. The Balaban J connectivity index is 1.56. The van der Waals surface area contributed by atoms with Crippen LogP contribution in [0.2, 0.25) is 0 Å². The van der Waals surface area contributed by atoms with E-state index in [1.54, 1.807) is 18.2 Å². The topological polar surface area (TPSA) is 57.7 Å². The van der Waals surface area contributed by atoms with Crippen molar-refractivity contribution in [3.8, 4) is 0 Å². The van der Waals surface area contributed by atoms with Crippen molar-refractivity contribution in [2.24, 2.45) is 0 Å². The number of carbonyl (C=O) groups excluding carboxylic acids is 3. The Morgan fingerprint density at radius 2 is 1.74 bits per heavy atom. The molecule has 2 aromatic carbocycles. The Labute approximate surface area is 190 Å². The van der Waals surface area contributed by atoms with Crippen LogP contribution in [-0.4, -0.2) is 33.0 Å². The number of imide groups is 1. The van der Waals surface area contributed by atoms with E-state index in [0.29, 0.717) is 14.9 Å². The molecule has 0 bridgehead atoms. The number of amides is 3. The zero-order chi connectivity index (χ0) is 22.1. The minimum absolute atomic E-state index is 0.0781. The number of benzene rings is 2. The molecular weight excluding hydrogens is 428 g/mol. The maximum Gasteiger partial charge on any atom is 0.266 e. The van der Waals surface area contributed by atoms with Gasteiger partial charge in [0.1, 0.15) is 10.4 Å². The van der Waals surface area contributed by atoms with Crippen molar-refractivity contribution in [2.45, 2.75) is 26.3 Å². The second-order valence-electron chi connectivity index (χ2n) is 7.47. The van der Waals surface area contributed by atoms with E-state index in [1.807, 2.05) is 62.4 Å². The van der Waals surface area contributed by atoms with E-state index >= 15 is 0 Å². The fourth-order valence-corrected chi connectivity index (χ4v) is 5.00. The van der Waals surface area contributed by atoms with Gasteiger partial charge in [-0.1, -0.05) is 78.1 Å². The SMILES string of the molecule is CC(/C=C1\SC(=S)N(C2CC(=O)N(c3ccc(C)cc3)C2=O)C1=O)=C\c1ccccc1. The number of carbonyl (C=O) groups is 3. The Bertz CT molecular complexity index is 1140. The molecule has 2 fully saturated rings. The smallest absolute Gasteiger partial charge is 0.266 e. The van der Waals surface area contributed by atoms with Gasteiger partial charge >= 0.3 is 0 Å². The molecule has 3 amide bonds. The van der Waals surface area contributed by atoms with Crippen LogP contribution in [0.5, 0.6) is 0 Å². The van der Waals surface area contributed by atoms with Gasteiger partial charge in [0, 0.05) is 0 Å². The van der Waals surface area contributed by atoms with Crippen molar-refractivity contribution in [1.82, 2.24) is 4.90 Å². The van der Waals surface area contributed by atoms with Gasteiger partial charge in [0.25, 0.3) is 11.8 Å². The third-order valence-corrected chi connectivity index (χ3v) is 6.43. The van der Waals surface area contributed by atoms with E-state index < -0.39 is 11.9 Å². The second kappa shape index (κ2) is 8.61. The van der Waals surface area contributed by atoms with Gasteiger partial charge in [0.05, 0.1) is 17.0 Å². The average Bonchev–Trinajstić information content (AvgIpc) is 3.17. The number of thioether (sulfide) groups is 1. The highest BCUT2D eigenvalue weighted by Crippen LogP contribution is 2.37. The Morgan fingerprint density at radius 3 is 2.42 bits per heavy atom. The lowest BCUT2D eigenvalue weighted by Gasteiger charge is -2.21. The summed E-state index contributed by atoms with van der Waals surface area (Å²) in [5, 5.41) is 0. The van der Waals surface area contributed by atoms with Crippen LogP contribution < -0.4 is 4.90 Å². The Morgan fingerprint density at radius 1 is 1.06 bits per heavy atom. The maximum atomic E-state index is 13.1. The third kappa shape index (κ3) is 4.24. The summed E-state index contributed by atoms with van der Waals surface area (Å²) in [5.74, 6) is -1.10. The number of nitrogens with zero attached hydrogens (tertiary/aromatic N) is 2. The molecule has 31 heavy (non-hydrogen) atoms. The molecule has 1 atom stereocenters. The van der Waals surface area contributed by atoms with Crippen LogP contribution in [-0.2, 0) is 14.4 Å². The standard InChI is InChI=1S/C24H20N2O3S2/c1-15-8-10-18(11-9-15)25-21(27)14-19(22(25)28)26-23(29)20(31-24(26)30)13-16(2)12-17-6-4-3-5-7-17/h3-13,19H,14H2,1-2H3/b16-12+,20-13-. The normalized spacial score (nSPS) is 21.0. The highest BCUT2D eigenvalue weighted by Gasteiger charge is 2.48. The number of aryl methyl sites for hydroxylation is 1. The molecule has 2 aliphatic rings. The van der Waals surface area contributed by atoms with Crippen molar-refractivity contribution in [1.29, 1.82) is 0 Å². The first-order valence-electron chi connectivity index (χ1n) is 9.79. The summed E-state index contributed by atoms with van der Waals surface area (Å²) in [6.45, 7) is 3.84. The summed E-state index contributed by atoms with van der Waals surface area (Å²) in [6, 6.07) is 16.0. The van der Waals surface area contributed by atoms with Crippen LogP contribution in [0.15, 0.2) is 71.2 Å². The molecule has 1 unspecified atom stereocenters. The molecule has 7 heteroatoms. The van der Waals surface area contributed by atoms with Crippen molar-refractivity contribution in [3.05, 3.63) is 82.3 Å². The van der Waals surface area contributed by atoms with Crippen LogP contribution in [0, 0.1) is 6.92 Å². The summed E-state index contributed by atoms with van der Waals surface area (Å²) in [6.07, 6.45) is 3.66. The first-order valence-corrected chi connectivity index (χ1v) is 11.0. The first-order chi connectivity index (χ1) is 14.8. The maximum absolute atomic E-state index is 13.1. The fourth-order valence-electron chi connectivity index (χ4n) is 3.59. The number of rotatable bonds is 4. The average molecular weight is 449 g/mol. The summed E-state index contributed by atoms with van der Waals surface area (Å²) in [7, 11) is 0. The number of hydrogen-bond acceptors (Lipinski definition) is 5. The number of anilines is 1. The molecule has 0 aliphatic carbocycles. The number of allylic oxidation sites excluding steroid dienone is 2. The van der Waals surface area contributed by atoms with Crippen LogP contribution in [0.3, 0.4) is 0 Å². The molecular formula is C24H20N2O3S2. The van der Waals surface area contributed by atoms with Crippen molar-refractivity contribution in [2.75, 3.05) is 4.90 Å². The fraction of sp³-hybridized carbons (Fsp3) is 0.167. The lowest BCUT2D eigenvalue weighted by Crippen LogP contribution is -2.44. The lowest BCUT2D eigenvalue weighted by molar-refractivity contribution is -0.130. The van der Waals surface area contributed by atoms with Crippen molar-refractivity contribution >= 4 is 57.8 Å². The van der Waals surface area contributed by atoms with Gasteiger partial charge in [-0.15, -0.1) is 0 Å². The molecule has 2 aromatic rings. The predicted octanol–water partition coefficient (Wildman–Crippen LogP) is 4.47. The molecule has 156 valence electrons. The van der Waals surface area contributed by atoms with Crippen LogP contribution >= 0.6 is 24.0 Å². The zero-order valence-corrected chi connectivity index (χ0v) is 18.7. The van der Waals surface area contributed by atoms with Gasteiger partial charge in [-0.2, -0.15) is 0 Å². The molecule has 2 saturated heterocycles. The molecule has 2 aliphatic heterocycles. The minimum atomic E-state index is -0.911. The van der Waals surface area contributed by atoms with Crippen LogP contribution in [0.4, 0.5) is 5.69 Å². The van der Waals surface area contributed by atoms with Crippen molar-refractivity contribution < 1.29 is 14.4 Å². The van der Waals surface area contributed by atoms with Gasteiger partial charge < -0.3 is 0 Å². The Kier molecular flexibility index (Phi) is 5.89. The van der Waals surface area contributed by atoms with Crippen molar-refractivity contribution in [3.63, 3.8) is 0 Å². The molecule has 0 N–H and O–H groups in total. The van der Waals surface area contributed by atoms with Crippen LogP contribution in [0.25, 0.3) is 6.08 Å². The summed E-state index contributed by atoms with van der Waals surface area (Å²) in [4.78, 5) is 41.6. The third-order valence-electron chi connectivity index (χ3n) is 5.10. The zero-order valence-electron chi connectivity index (χ0n) is 17.1. The van der Waals surface area contributed by atoms with E-state index in [4.69, 9.17) is 12.2 Å². The second-order valence-corrected chi connectivity index (χ2v) is 9.15.